The first-order valence-corrected chi connectivity index (χ1v) is 9.89. The normalized spacial score (nSPS) is 28.8. The molecule has 2 unspecified atom stereocenters. The van der Waals surface area contributed by atoms with Gasteiger partial charge in [-0.2, -0.15) is 0 Å². The molecule has 2 atom stereocenters. The Labute approximate surface area is 148 Å². The van der Waals surface area contributed by atoms with Crippen molar-refractivity contribution in [1.29, 1.82) is 0 Å². The molecule has 2 rings (SSSR count). The maximum atomic E-state index is 12.4. The van der Waals surface area contributed by atoms with Crippen molar-refractivity contribution in [3.8, 4) is 0 Å². The van der Waals surface area contributed by atoms with Crippen LogP contribution in [0.1, 0.15) is 86.0 Å². The molecule has 4 nitrogen and oxygen atoms in total. The summed E-state index contributed by atoms with van der Waals surface area (Å²) in [5.74, 6) is 0. The van der Waals surface area contributed by atoms with Crippen molar-refractivity contribution in [3.63, 3.8) is 0 Å². The summed E-state index contributed by atoms with van der Waals surface area (Å²) in [6, 6.07) is 1.02. The van der Waals surface area contributed by atoms with Gasteiger partial charge in [0.2, 0.25) is 0 Å². The average Bonchev–Trinajstić information content (AvgIpc) is 2.76. The lowest BCUT2D eigenvalue weighted by Crippen LogP contribution is -2.47. The largest absolute Gasteiger partial charge is 0.444 e. The highest BCUT2D eigenvalue weighted by atomic mass is 16.6. The third-order valence-electron chi connectivity index (χ3n) is 5.37. The minimum atomic E-state index is -0.417. The van der Waals surface area contributed by atoms with Gasteiger partial charge in [0.25, 0.3) is 0 Å². The molecule has 24 heavy (non-hydrogen) atoms. The lowest BCUT2D eigenvalue weighted by molar-refractivity contribution is 0.0241. The zero-order valence-electron chi connectivity index (χ0n) is 16.5. The first-order valence-electron chi connectivity index (χ1n) is 9.89. The second-order valence-corrected chi connectivity index (χ2v) is 9.58. The summed E-state index contributed by atoms with van der Waals surface area (Å²) in [5, 5.41) is 3.87. The van der Waals surface area contributed by atoms with Crippen molar-refractivity contribution < 1.29 is 9.53 Å². The molecule has 0 radical (unpaired) electrons. The van der Waals surface area contributed by atoms with Crippen LogP contribution >= 0.6 is 0 Å². The van der Waals surface area contributed by atoms with E-state index in [9.17, 15) is 4.79 Å². The van der Waals surface area contributed by atoms with E-state index >= 15 is 0 Å². The molecule has 1 aliphatic heterocycles. The second kappa shape index (κ2) is 8.07. The van der Waals surface area contributed by atoms with Gasteiger partial charge in [0, 0.05) is 25.2 Å². The Morgan fingerprint density at radius 2 is 1.75 bits per heavy atom. The number of carbonyl (C=O) groups excluding carboxylic acids is 1. The number of nitrogens with zero attached hydrogens (tertiary/aromatic N) is 1. The highest BCUT2D eigenvalue weighted by molar-refractivity contribution is 5.68. The van der Waals surface area contributed by atoms with Crippen molar-refractivity contribution in [2.45, 2.75) is 104 Å². The molecule has 140 valence electrons. The maximum absolute atomic E-state index is 12.4. The van der Waals surface area contributed by atoms with Crippen molar-refractivity contribution in [3.05, 3.63) is 0 Å². The number of likely N-dealkylation sites (tertiary alicyclic amines) is 1. The van der Waals surface area contributed by atoms with Crippen LogP contribution in [0.25, 0.3) is 0 Å². The third-order valence-corrected chi connectivity index (χ3v) is 5.37. The first-order chi connectivity index (χ1) is 11.1. The van der Waals surface area contributed by atoms with E-state index in [1.54, 1.807) is 0 Å². The van der Waals surface area contributed by atoms with E-state index in [-0.39, 0.29) is 6.09 Å². The van der Waals surface area contributed by atoms with Gasteiger partial charge in [-0.25, -0.2) is 4.79 Å². The number of hydrogen-bond acceptors (Lipinski definition) is 3. The molecule has 0 aromatic heterocycles. The molecule has 1 heterocycles. The van der Waals surface area contributed by atoms with Gasteiger partial charge in [0.05, 0.1) is 0 Å². The SMILES string of the molecule is CC1(C)CCCC(NC2CCCCN(C(=O)OC(C)(C)C)C2)CC1. The third kappa shape index (κ3) is 6.62. The van der Waals surface area contributed by atoms with Gasteiger partial charge in [-0.05, 0) is 64.7 Å². The molecule has 0 aromatic rings. The van der Waals surface area contributed by atoms with E-state index in [1.165, 1.54) is 44.9 Å². The maximum Gasteiger partial charge on any atom is 0.410 e. The van der Waals surface area contributed by atoms with E-state index in [0.29, 0.717) is 17.5 Å². The van der Waals surface area contributed by atoms with Gasteiger partial charge in [-0.1, -0.05) is 26.7 Å². The first kappa shape index (κ1) is 19.6. The number of carbonyl (C=O) groups is 1. The monoisotopic (exact) mass is 338 g/mol. The van der Waals surface area contributed by atoms with Crippen LogP contribution in [0.3, 0.4) is 0 Å². The lowest BCUT2D eigenvalue weighted by atomic mass is 9.85. The van der Waals surface area contributed by atoms with Crippen molar-refractivity contribution in [2.24, 2.45) is 5.41 Å². The Bertz CT molecular complexity index is 414. The predicted octanol–water partition coefficient (Wildman–Crippen LogP) is 4.72. The molecule has 2 aliphatic rings. The molecule has 1 aliphatic carbocycles. The molecule has 2 fully saturated rings. The fourth-order valence-electron chi connectivity index (χ4n) is 3.93. The molecular weight excluding hydrogens is 300 g/mol. The number of hydrogen-bond donors (Lipinski definition) is 1. The molecular formula is C20H38N2O2. The summed E-state index contributed by atoms with van der Waals surface area (Å²) < 4.78 is 5.58. The molecule has 1 N–H and O–H groups in total. The van der Waals surface area contributed by atoms with Crippen LogP contribution in [-0.4, -0.2) is 41.8 Å². The summed E-state index contributed by atoms with van der Waals surface area (Å²) in [5.41, 5.74) is 0.0710. The van der Waals surface area contributed by atoms with Crippen LogP contribution in [0.5, 0.6) is 0 Å². The molecule has 1 saturated heterocycles. The van der Waals surface area contributed by atoms with Crippen LogP contribution in [0, 0.1) is 5.41 Å². The molecule has 1 saturated carbocycles. The standard InChI is InChI=1S/C20H38N2O2/c1-19(2,3)24-18(23)22-14-7-6-9-17(15-22)21-16-10-8-12-20(4,5)13-11-16/h16-17,21H,6-15H2,1-5H3. The molecule has 0 spiro atoms. The van der Waals surface area contributed by atoms with Crippen LogP contribution in [-0.2, 0) is 4.74 Å². The van der Waals surface area contributed by atoms with E-state index in [1.807, 2.05) is 25.7 Å². The van der Waals surface area contributed by atoms with Gasteiger partial charge < -0.3 is 15.0 Å². The van der Waals surface area contributed by atoms with Gasteiger partial charge in [0.1, 0.15) is 5.60 Å². The van der Waals surface area contributed by atoms with Gasteiger partial charge in [-0.3, -0.25) is 0 Å². The summed E-state index contributed by atoms with van der Waals surface area (Å²) in [6.45, 7) is 12.2. The average molecular weight is 339 g/mol. The number of amides is 1. The summed E-state index contributed by atoms with van der Waals surface area (Å²) >= 11 is 0. The Kier molecular flexibility index (Phi) is 6.58. The minimum Gasteiger partial charge on any atom is -0.444 e. The van der Waals surface area contributed by atoms with Crippen LogP contribution in [0.15, 0.2) is 0 Å². The zero-order chi connectivity index (χ0) is 17.8. The number of ether oxygens (including phenoxy) is 1. The van der Waals surface area contributed by atoms with Crippen LogP contribution in [0.2, 0.25) is 0 Å². The Morgan fingerprint density at radius 3 is 2.46 bits per heavy atom. The van der Waals surface area contributed by atoms with Gasteiger partial charge in [-0.15, -0.1) is 0 Å². The van der Waals surface area contributed by atoms with Crippen LogP contribution < -0.4 is 5.32 Å². The summed E-state index contributed by atoms with van der Waals surface area (Å²) in [6.07, 6.45) is 9.75. The van der Waals surface area contributed by atoms with E-state index < -0.39 is 5.60 Å². The van der Waals surface area contributed by atoms with Gasteiger partial charge in [0.15, 0.2) is 0 Å². The van der Waals surface area contributed by atoms with E-state index in [4.69, 9.17) is 4.74 Å². The number of rotatable bonds is 2. The predicted molar refractivity (Wildman–Crippen MR) is 99.2 cm³/mol. The van der Waals surface area contributed by atoms with Crippen molar-refractivity contribution in [1.82, 2.24) is 10.2 Å². The van der Waals surface area contributed by atoms with Crippen LogP contribution in [0.4, 0.5) is 4.79 Å². The fraction of sp³-hybridized carbons (Fsp3) is 0.950. The minimum absolute atomic E-state index is 0.154. The quantitative estimate of drug-likeness (QED) is 0.740. The smallest absolute Gasteiger partial charge is 0.410 e. The van der Waals surface area contributed by atoms with Crippen molar-refractivity contribution >= 4 is 6.09 Å². The molecule has 4 heteroatoms. The molecule has 0 aromatic carbocycles. The summed E-state index contributed by atoms with van der Waals surface area (Å²) in [4.78, 5) is 14.3. The highest BCUT2D eigenvalue weighted by Gasteiger charge is 2.29. The molecule has 0 bridgehead atoms. The van der Waals surface area contributed by atoms with Crippen molar-refractivity contribution in [2.75, 3.05) is 13.1 Å². The molecule has 1 amide bonds. The fourth-order valence-corrected chi connectivity index (χ4v) is 3.93. The topological polar surface area (TPSA) is 41.6 Å². The Hall–Kier alpha value is -0.770. The van der Waals surface area contributed by atoms with E-state index in [2.05, 4.69) is 19.2 Å². The highest BCUT2D eigenvalue weighted by Crippen LogP contribution is 2.34. The summed E-state index contributed by atoms with van der Waals surface area (Å²) in [7, 11) is 0. The second-order valence-electron chi connectivity index (χ2n) is 9.58. The van der Waals surface area contributed by atoms with Gasteiger partial charge >= 0.3 is 6.09 Å². The number of nitrogens with one attached hydrogen (secondary N) is 1. The van der Waals surface area contributed by atoms with E-state index in [0.717, 1.165) is 19.5 Å². The Morgan fingerprint density at radius 1 is 1.04 bits per heavy atom. The Balaban J connectivity index is 1.89. The zero-order valence-corrected chi connectivity index (χ0v) is 16.5. The lowest BCUT2D eigenvalue weighted by Gasteiger charge is -2.30.